The van der Waals surface area contributed by atoms with Gasteiger partial charge in [0, 0.05) is 0 Å². The van der Waals surface area contributed by atoms with Crippen LogP contribution in [0.3, 0.4) is 0 Å². The smallest absolute Gasteiger partial charge is 0.675 e. The average molecular weight is 412 g/mol. The molecule has 0 aliphatic heterocycles. The molecule has 2 saturated carbocycles. The predicted molar refractivity (Wildman–Crippen MR) is 90.1 cm³/mol. The molecule has 2 aliphatic rings. The minimum Gasteiger partial charge on any atom is -0.675 e. The molecule has 4 N–H and O–H groups in total. The topological polar surface area (TPSA) is 228 Å². The molecule has 4 atom stereocenters. The van der Waals surface area contributed by atoms with Crippen molar-refractivity contribution in [2.24, 2.45) is 0 Å². The molecule has 0 unspecified atom stereocenters. The van der Waals surface area contributed by atoms with E-state index in [1.54, 1.807) is 0 Å². The van der Waals surface area contributed by atoms with Crippen molar-refractivity contribution in [2.45, 2.75) is 75.5 Å². The molecule has 25 heavy (non-hydrogen) atoms. The Morgan fingerprint density at radius 3 is 0.840 bits per heavy atom. The zero-order chi connectivity index (χ0) is 19.1. The third-order valence-electron chi connectivity index (χ3n) is 3.35. The second-order valence-corrected chi connectivity index (χ2v) is 5.57. The summed E-state index contributed by atoms with van der Waals surface area (Å²) < 4.78 is 0. The van der Waals surface area contributed by atoms with E-state index < -0.39 is 10.2 Å². The Morgan fingerprint density at radius 1 is 0.600 bits per heavy atom. The Bertz CT molecular complexity index is 298. The van der Waals surface area contributed by atoms with Crippen LogP contribution >= 0.6 is 0 Å². The quantitative estimate of drug-likeness (QED) is 0.319. The molecule has 0 aromatic rings. The van der Waals surface area contributed by atoms with Gasteiger partial charge in [0.15, 0.2) is 0 Å². The first-order valence-electron chi connectivity index (χ1n) is 7.52. The van der Waals surface area contributed by atoms with Crippen LogP contribution in [0, 0.1) is 30.6 Å². The van der Waals surface area contributed by atoms with Crippen LogP contribution in [0.4, 0.5) is 0 Å². The van der Waals surface area contributed by atoms with Gasteiger partial charge in [-0.2, -0.15) is 0 Å². The van der Waals surface area contributed by atoms with E-state index in [9.17, 15) is 0 Å². The number of rotatable bonds is 0. The van der Waals surface area contributed by atoms with Crippen LogP contribution < -0.4 is 0 Å². The Kier molecular flexibility index (Phi) is 20.1. The molecule has 0 saturated heterocycles. The molecule has 0 spiro atoms. The first kappa shape index (κ1) is 28.6. The van der Waals surface area contributed by atoms with Crippen molar-refractivity contribution in [1.29, 1.82) is 0 Å². The molecule has 2 aliphatic carbocycles. The summed E-state index contributed by atoms with van der Waals surface area (Å²) in [7, 11) is 0. The predicted octanol–water partition coefficient (Wildman–Crippen LogP) is 4.32. The van der Waals surface area contributed by atoms with Crippen LogP contribution in [0.5, 0.6) is 0 Å². The second-order valence-electron chi connectivity index (χ2n) is 5.57. The van der Waals surface area contributed by atoms with Gasteiger partial charge in [0.25, 0.3) is 0 Å². The zero-order valence-corrected chi connectivity index (χ0v) is 14.6. The summed E-state index contributed by atoms with van der Waals surface area (Å²) in [5, 5.41) is 29.5. The number of hydrogen-bond donors (Lipinski definition) is 0. The number of hydrogen-bond acceptors (Lipinski definition) is 6. The zero-order valence-electron chi connectivity index (χ0n) is 13.6. The largest absolute Gasteiger partial charge is 2.00 e. The molecule has 1 radical (unpaired) electrons. The van der Waals surface area contributed by atoms with Gasteiger partial charge in [0.1, 0.15) is 0 Å². The van der Waals surface area contributed by atoms with Crippen molar-refractivity contribution in [3.63, 3.8) is 0 Å². The maximum Gasteiger partial charge on any atom is 2.00 e. The fourth-order valence-corrected chi connectivity index (χ4v) is 2.38. The van der Waals surface area contributed by atoms with Crippen LogP contribution in [-0.4, -0.2) is 34.3 Å². The first-order chi connectivity index (χ1) is 11.0. The molecule has 0 aromatic carbocycles. The molecule has 0 amide bonds. The second kappa shape index (κ2) is 17.6. The molecule has 0 heterocycles. The standard InChI is InChI=1S/2C6H12N2.Cu.2NO3/c2*7-5-2-1-3-6(8)4-5;;2*2-1(3)4/h2*5-8H,1-4H2;;;/q2*-2;+2;2*-1/t2*5-,6+;;;. The molecular weight excluding hydrogens is 388 g/mol. The Hall–Kier alpha value is -1.24. The first-order valence-corrected chi connectivity index (χ1v) is 7.52. The molecule has 12 nitrogen and oxygen atoms in total. The molecule has 13 heteroatoms. The van der Waals surface area contributed by atoms with Crippen LogP contribution in [0.1, 0.15) is 51.4 Å². The summed E-state index contributed by atoms with van der Waals surface area (Å²) in [6.45, 7) is 0. The third-order valence-corrected chi connectivity index (χ3v) is 3.35. The average Bonchev–Trinajstić information content (AvgIpc) is 2.37. The Morgan fingerprint density at radius 2 is 0.760 bits per heavy atom. The van der Waals surface area contributed by atoms with Crippen molar-refractivity contribution in [3.8, 4) is 0 Å². The van der Waals surface area contributed by atoms with E-state index in [1.807, 2.05) is 0 Å². The van der Waals surface area contributed by atoms with Gasteiger partial charge in [-0.25, -0.2) is 0 Å². The van der Waals surface area contributed by atoms with Gasteiger partial charge >= 0.3 is 17.1 Å². The normalized spacial score (nSPS) is 27.4. The Balaban J connectivity index is -0.000000270. The Labute approximate surface area is 157 Å². The van der Waals surface area contributed by atoms with Gasteiger partial charge in [0.2, 0.25) is 0 Å². The van der Waals surface area contributed by atoms with Gasteiger partial charge in [-0.3, -0.25) is 0 Å². The molecule has 0 bridgehead atoms. The summed E-state index contributed by atoms with van der Waals surface area (Å²) in [4.78, 5) is 16.5. The molecular formula is C12H24CuN6O6-4. The molecule has 2 rings (SSSR count). The summed E-state index contributed by atoms with van der Waals surface area (Å²) >= 11 is 0. The monoisotopic (exact) mass is 411 g/mol. The van der Waals surface area contributed by atoms with Gasteiger partial charge in [-0.05, 0) is 0 Å². The van der Waals surface area contributed by atoms with Gasteiger partial charge in [0.05, 0.1) is 10.2 Å². The van der Waals surface area contributed by atoms with E-state index in [-0.39, 0.29) is 41.2 Å². The summed E-state index contributed by atoms with van der Waals surface area (Å²) in [5.41, 5.74) is 29.1. The van der Waals surface area contributed by atoms with E-state index in [4.69, 9.17) is 53.6 Å². The summed E-state index contributed by atoms with van der Waals surface area (Å²) in [6, 6.07) is 0.301. The van der Waals surface area contributed by atoms with Crippen LogP contribution in [0.15, 0.2) is 0 Å². The van der Waals surface area contributed by atoms with E-state index in [0.29, 0.717) is 0 Å². The van der Waals surface area contributed by atoms with Crippen molar-refractivity contribution in [3.05, 3.63) is 53.6 Å². The van der Waals surface area contributed by atoms with Gasteiger partial charge in [-0.1, -0.05) is 51.4 Å². The van der Waals surface area contributed by atoms with Crippen molar-refractivity contribution < 1.29 is 27.2 Å². The maximum atomic E-state index is 8.25. The number of nitrogens with zero attached hydrogens (tertiary/aromatic N) is 2. The van der Waals surface area contributed by atoms with Crippen LogP contribution in [-0.2, 0) is 17.1 Å². The minimum atomic E-state index is -1.75. The fraction of sp³-hybridized carbons (Fsp3) is 1.00. The van der Waals surface area contributed by atoms with Crippen LogP contribution in [0.2, 0.25) is 0 Å². The SMILES string of the molecule is O=[N+]([O-])[O-].O=[N+]([O-])[O-].[Cu+2].[NH-][C@@H]1CCC[C@H]([NH-])C1.[NH-][C@@H]1CCC[C@H]([NH-])C1. The third kappa shape index (κ3) is 27.9. The van der Waals surface area contributed by atoms with Crippen molar-refractivity contribution in [2.75, 3.05) is 0 Å². The molecule has 0 aromatic heterocycles. The van der Waals surface area contributed by atoms with Crippen molar-refractivity contribution in [1.82, 2.24) is 0 Å². The van der Waals surface area contributed by atoms with Crippen LogP contribution in [0.25, 0.3) is 22.9 Å². The van der Waals surface area contributed by atoms with E-state index in [0.717, 1.165) is 51.4 Å². The van der Waals surface area contributed by atoms with Gasteiger partial charge in [-0.15, -0.1) is 24.2 Å². The maximum absolute atomic E-state index is 8.25. The minimum absolute atomic E-state index is 0. The summed E-state index contributed by atoms with van der Waals surface area (Å²) in [6.07, 6.45) is 7.90. The van der Waals surface area contributed by atoms with E-state index in [1.165, 1.54) is 0 Å². The fourth-order valence-electron chi connectivity index (χ4n) is 2.38. The van der Waals surface area contributed by atoms with E-state index >= 15 is 0 Å². The van der Waals surface area contributed by atoms with Gasteiger partial charge < -0.3 is 53.6 Å². The van der Waals surface area contributed by atoms with Crippen molar-refractivity contribution >= 4 is 0 Å². The molecule has 153 valence electrons. The number of nitrogens with one attached hydrogen (secondary N) is 4. The van der Waals surface area contributed by atoms with E-state index in [2.05, 4.69) is 0 Å². The summed E-state index contributed by atoms with van der Waals surface area (Å²) in [5.74, 6) is 0. The molecule has 2 fully saturated rings.